The molecule has 1 aromatic carbocycles. The number of aromatic nitrogens is 4. The zero-order valence-electron chi connectivity index (χ0n) is 14.0. The number of nitrogens with zero attached hydrogens (tertiary/aromatic N) is 4. The molecule has 1 saturated heterocycles. The number of methoxy groups -OCH3 is 1. The SMILES string of the molecule is COCCN1CCC[C@@H]1Cc1c[nH]c2ccc(-n3cnnc3)cc12. The Morgan fingerprint density at radius 2 is 2.17 bits per heavy atom. The zero-order chi connectivity index (χ0) is 16.4. The van der Waals surface area contributed by atoms with Crippen LogP contribution in [0, 0.1) is 0 Å². The molecular weight excluding hydrogens is 302 g/mol. The smallest absolute Gasteiger partial charge is 0.123 e. The van der Waals surface area contributed by atoms with Crippen molar-refractivity contribution in [3.8, 4) is 5.69 Å². The van der Waals surface area contributed by atoms with Crippen molar-refractivity contribution in [1.29, 1.82) is 0 Å². The van der Waals surface area contributed by atoms with Crippen LogP contribution in [0.5, 0.6) is 0 Å². The molecule has 24 heavy (non-hydrogen) atoms. The molecule has 4 rings (SSSR count). The average Bonchev–Trinajstić information content (AvgIpc) is 3.35. The summed E-state index contributed by atoms with van der Waals surface area (Å²) in [4.78, 5) is 5.97. The third-order valence-corrected chi connectivity index (χ3v) is 5.01. The van der Waals surface area contributed by atoms with Crippen molar-refractivity contribution < 1.29 is 4.74 Å². The number of nitrogens with one attached hydrogen (secondary N) is 1. The van der Waals surface area contributed by atoms with Crippen LogP contribution in [-0.4, -0.2) is 57.5 Å². The van der Waals surface area contributed by atoms with Gasteiger partial charge in [-0.15, -0.1) is 10.2 Å². The van der Waals surface area contributed by atoms with Crippen LogP contribution in [0.15, 0.2) is 37.1 Å². The van der Waals surface area contributed by atoms with Crippen LogP contribution in [0.1, 0.15) is 18.4 Å². The Morgan fingerprint density at radius 3 is 3.00 bits per heavy atom. The van der Waals surface area contributed by atoms with Gasteiger partial charge in [-0.25, -0.2) is 0 Å². The summed E-state index contributed by atoms with van der Waals surface area (Å²) in [5.41, 5.74) is 3.66. The first-order valence-corrected chi connectivity index (χ1v) is 8.53. The van der Waals surface area contributed by atoms with E-state index in [0.29, 0.717) is 6.04 Å². The molecule has 0 radical (unpaired) electrons. The van der Waals surface area contributed by atoms with Gasteiger partial charge in [0.2, 0.25) is 0 Å². The summed E-state index contributed by atoms with van der Waals surface area (Å²) in [5, 5.41) is 9.09. The lowest BCUT2D eigenvalue weighted by molar-refractivity contribution is 0.141. The number of hydrogen-bond donors (Lipinski definition) is 1. The fourth-order valence-corrected chi connectivity index (χ4v) is 3.71. The molecule has 0 unspecified atom stereocenters. The van der Waals surface area contributed by atoms with Crippen molar-refractivity contribution in [1.82, 2.24) is 24.6 Å². The Morgan fingerprint density at radius 1 is 1.29 bits per heavy atom. The van der Waals surface area contributed by atoms with E-state index in [9.17, 15) is 0 Å². The predicted octanol–water partition coefficient (Wildman–Crippen LogP) is 2.40. The van der Waals surface area contributed by atoms with Crippen LogP contribution in [-0.2, 0) is 11.2 Å². The zero-order valence-corrected chi connectivity index (χ0v) is 14.0. The average molecular weight is 325 g/mol. The molecule has 3 heterocycles. The first-order chi connectivity index (χ1) is 11.8. The molecular formula is C18H23N5O. The number of likely N-dealkylation sites (tertiary alicyclic amines) is 1. The summed E-state index contributed by atoms with van der Waals surface area (Å²) in [6.07, 6.45) is 9.25. The summed E-state index contributed by atoms with van der Waals surface area (Å²) in [6, 6.07) is 7.05. The van der Waals surface area contributed by atoms with Crippen LogP contribution >= 0.6 is 0 Å². The van der Waals surface area contributed by atoms with Gasteiger partial charge in [0.05, 0.1) is 6.61 Å². The van der Waals surface area contributed by atoms with E-state index in [4.69, 9.17) is 4.74 Å². The number of hydrogen-bond acceptors (Lipinski definition) is 4. The van der Waals surface area contributed by atoms with Gasteiger partial charge >= 0.3 is 0 Å². The van der Waals surface area contributed by atoms with E-state index >= 15 is 0 Å². The molecule has 1 fully saturated rings. The summed E-state index contributed by atoms with van der Waals surface area (Å²) in [6.45, 7) is 3.01. The number of aromatic amines is 1. The minimum atomic E-state index is 0.609. The summed E-state index contributed by atoms with van der Waals surface area (Å²) in [5.74, 6) is 0. The second-order valence-electron chi connectivity index (χ2n) is 6.44. The highest BCUT2D eigenvalue weighted by atomic mass is 16.5. The summed E-state index contributed by atoms with van der Waals surface area (Å²) < 4.78 is 7.19. The predicted molar refractivity (Wildman–Crippen MR) is 93.4 cm³/mol. The molecule has 0 amide bonds. The Hall–Kier alpha value is -2.18. The summed E-state index contributed by atoms with van der Waals surface area (Å²) in [7, 11) is 1.78. The molecule has 0 spiro atoms. The second-order valence-corrected chi connectivity index (χ2v) is 6.44. The van der Waals surface area contributed by atoms with Crippen LogP contribution in [0.2, 0.25) is 0 Å². The number of H-pyrrole nitrogens is 1. The van der Waals surface area contributed by atoms with Gasteiger partial charge in [-0.2, -0.15) is 0 Å². The standard InChI is InChI=1S/C18H23N5O/c1-24-8-7-22-6-2-3-15(22)9-14-11-19-18-5-4-16(10-17(14)18)23-12-20-21-13-23/h4-5,10-13,15,19H,2-3,6-9H2,1H3/t15-/m1/s1. The van der Waals surface area contributed by atoms with Gasteiger partial charge in [0.1, 0.15) is 12.7 Å². The van der Waals surface area contributed by atoms with Gasteiger partial charge in [-0.05, 0) is 49.6 Å². The van der Waals surface area contributed by atoms with Gasteiger partial charge in [-0.1, -0.05) is 0 Å². The third-order valence-electron chi connectivity index (χ3n) is 5.01. The third kappa shape index (κ3) is 2.95. The molecule has 1 N–H and O–H groups in total. The molecule has 0 bridgehead atoms. The largest absolute Gasteiger partial charge is 0.383 e. The van der Waals surface area contributed by atoms with Gasteiger partial charge in [0.15, 0.2) is 0 Å². The van der Waals surface area contributed by atoms with Crippen LogP contribution in [0.4, 0.5) is 0 Å². The molecule has 6 heteroatoms. The highest BCUT2D eigenvalue weighted by molar-refractivity contribution is 5.85. The maximum Gasteiger partial charge on any atom is 0.123 e. The lowest BCUT2D eigenvalue weighted by Gasteiger charge is -2.23. The minimum Gasteiger partial charge on any atom is -0.383 e. The fourth-order valence-electron chi connectivity index (χ4n) is 3.71. The number of fused-ring (bicyclic) bond motifs is 1. The van der Waals surface area contributed by atoms with Gasteiger partial charge < -0.3 is 9.72 Å². The van der Waals surface area contributed by atoms with Crippen molar-refractivity contribution in [3.05, 3.63) is 42.6 Å². The van der Waals surface area contributed by atoms with Gasteiger partial charge in [0.25, 0.3) is 0 Å². The van der Waals surface area contributed by atoms with E-state index in [0.717, 1.165) is 25.3 Å². The lowest BCUT2D eigenvalue weighted by Crippen LogP contribution is -2.33. The molecule has 2 aromatic heterocycles. The quantitative estimate of drug-likeness (QED) is 0.756. The van der Waals surface area contributed by atoms with E-state index in [1.165, 1.54) is 35.9 Å². The van der Waals surface area contributed by atoms with Crippen molar-refractivity contribution >= 4 is 10.9 Å². The second kappa shape index (κ2) is 6.75. The Labute approximate surface area is 141 Å². The Bertz CT molecular complexity index is 795. The molecule has 0 saturated carbocycles. The molecule has 1 aliphatic rings. The monoisotopic (exact) mass is 325 g/mol. The first kappa shape index (κ1) is 15.4. The minimum absolute atomic E-state index is 0.609. The van der Waals surface area contributed by atoms with Crippen molar-refractivity contribution in [3.63, 3.8) is 0 Å². The maximum atomic E-state index is 5.25. The van der Waals surface area contributed by atoms with E-state index in [2.05, 4.69) is 44.5 Å². The summed E-state index contributed by atoms with van der Waals surface area (Å²) >= 11 is 0. The van der Waals surface area contributed by atoms with Crippen LogP contribution in [0.25, 0.3) is 16.6 Å². The first-order valence-electron chi connectivity index (χ1n) is 8.53. The van der Waals surface area contributed by atoms with Crippen LogP contribution < -0.4 is 0 Å². The van der Waals surface area contributed by atoms with E-state index in [1.807, 2.05) is 4.57 Å². The number of ether oxygens (including phenoxy) is 1. The van der Waals surface area contributed by atoms with Crippen molar-refractivity contribution in [2.24, 2.45) is 0 Å². The van der Waals surface area contributed by atoms with Gasteiger partial charge in [-0.3, -0.25) is 9.47 Å². The normalized spacial score (nSPS) is 18.6. The number of rotatable bonds is 6. The highest BCUT2D eigenvalue weighted by Crippen LogP contribution is 2.27. The Kier molecular flexibility index (Phi) is 4.32. The van der Waals surface area contributed by atoms with Gasteiger partial charge in [0, 0.05) is 42.5 Å². The molecule has 6 nitrogen and oxygen atoms in total. The Balaban J connectivity index is 1.59. The maximum absolute atomic E-state index is 5.25. The van der Waals surface area contributed by atoms with Crippen LogP contribution in [0.3, 0.4) is 0 Å². The highest BCUT2D eigenvalue weighted by Gasteiger charge is 2.25. The number of benzene rings is 1. The molecule has 1 atom stereocenters. The van der Waals surface area contributed by atoms with Crippen molar-refractivity contribution in [2.45, 2.75) is 25.3 Å². The fraction of sp³-hybridized carbons (Fsp3) is 0.444. The van der Waals surface area contributed by atoms with E-state index < -0.39 is 0 Å². The molecule has 0 aliphatic carbocycles. The van der Waals surface area contributed by atoms with Crippen molar-refractivity contribution in [2.75, 3.05) is 26.8 Å². The topological polar surface area (TPSA) is 59.0 Å². The molecule has 3 aromatic rings. The van der Waals surface area contributed by atoms with E-state index in [-0.39, 0.29) is 0 Å². The van der Waals surface area contributed by atoms with E-state index in [1.54, 1.807) is 19.8 Å². The molecule has 126 valence electrons. The lowest BCUT2D eigenvalue weighted by atomic mass is 10.0. The molecule has 1 aliphatic heterocycles.